The molecule has 2 N–H and O–H groups in total. The van der Waals surface area contributed by atoms with E-state index >= 15 is 0 Å². The molecule has 0 amide bonds. The lowest BCUT2D eigenvalue weighted by Crippen LogP contribution is -2.02. The summed E-state index contributed by atoms with van der Waals surface area (Å²) < 4.78 is 4.63. The molecule has 0 aliphatic rings. The number of rotatable bonds is 5. The molecule has 0 spiro atoms. The van der Waals surface area contributed by atoms with Crippen LogP contribution in [0.25, 0.3) is 0 Å². The lowest BCUT2D eigenvalue weighted by Gasteiger charge is -2.04. The molecule has 0 bridgehead atoms. The van der Waals surface area contributed by atoms with Gasteiger partial charge >= 0.3 is 5.97 Å². The summed E-state index contributed by atoms with van der Waals surface area (Å²) in [6, 6.07) is 11.7. The van der Waals surface area contributed by atoms with Crippen LogP contribution in [0.3, 0.4) is 0 Å². The highest BCUT2D eigenvalue weighted by atomic mass is 32.2. The number of nitrogens with zero attached hydrogens (tertiary/aromatic N) is 1. The fraction of sp³-hybridized carbons (Fsp3) is 0.200. The molecule has 0 fully saturated rings. The molecule has 4 nitrogen and oxygen atoms in total. The normalized spacial score (nSPS) is 10.3. The summed E-state index contributed by atoms with van der Waals surface area (Å²) in [4.78, 5) is 16.7. The van der Waals surface area contributed by atoms with Gasteiger partial charge < -0.3 is 10.5 Å². The van der Waals surface area contributed by atoms with Gasteiger partial charge in [-0.25, -0.2) is 4.79 Å². The SMILES string of the molecule is COC(=O)c1ccc(CSc2cccc(CN)c2)nc1. The smallest absolute Gasteiger partial charge is 0.339 e. The van der Waals surface area contributed by atoms with E-state index in [0.29, 0.717) is 12.1 Å². The molecule has 0 atom stereocenters. The van der Waals surface area contributed by atoms with E-state index in [1.807, 2.05) is 24.3 Å². The van der Waals surface area contributed by atoms with E-state index in [4.69, 9.17) is 5.73 Å². The van der Waals surface area contributed by atoms with Crippen molar-refractivity contribution in [3.63, 3.8) is 0 Å². The molecule has 0 unspecified atom stereocenters. The Balaban J connectivity index is 1.98. The van der Waals surface area contributed by atoms with Gasteiger partial charge in [-0.3, -0.25) is 4.98 Å². The Morgan fingerprint density at radius 2 is 2.20 bits per heavy atom. The summed E-state index contributed by atoms with van der Waals surface area (Å²) in [5.74, 6) is 0.377. The first-order valence-corrected chi connectivity index (χ1v) is 7.16. The number of ether oxygens (including phenoxy) is 1. The van der Waals surface area contributed by atoms with Crippen molar-refractivity contribution < 1.29 is 9.53 Å². The summed E-state index contributed by atoms with van der Waals surface area (Å²) in [5, 5.41) is 0. The molecule has 0 aliphatic heterocycles. The summed E-state index contributed by atoms with van der Waals surface area (Å²) in [6.45, 7) is 0.542. The van der Waals surface area contributed by atoms with E-state index in [1.54, 1.807) is 17.8 Å². The van der Waals surface area contributed by atoms with Crippen molar-refractivity contribution in [2.75, 3.05) is 7.11 Å². The molecule has 2 aromatic rings. The minimum Gasteiger partial charge on any atom is -0.465 e. The van der Waals surface area contributed by atoms with Gasteiger partial charge in [-0.2, -0.15) is 0 Å². The van der Waals surface area contributed by atoms with E-state index in [0.717, 1.165) is 21.9 Å². The van der Waals surface area contributed by atoms with Crippen LogP contribution in [0.5, 0.6) is 0 Å². The van der Waals surface area contributed by atoms with Crippen molar-refractivity contribution in [1.82, 2.24) is 4.98 Å². The standard InChI is InChI=1S/C15H16N2O2S/c1-19-15(18)12-5-6-13(17-9-12)10-20-14-4-2-3-11(7-14)8-16/h2-7,9H,8,10,16H2,1H3. The number of esters is 1. The molecule has 1 heterocycles. The zero-order valence-electron chi connectivity index (χ0n) is 11.2. The quantitative estimate of drug-likeness (QED) is 0.677. The van der Waals surface area contributed by atoms with E-state index in [9.17, 15) is 4.79 Å². The van der Waals surface area contributed by atoms with Gasteiger partial charge in [0, 0.05) is 23.4 Å². The van der Waals surface area contributed by atoms with Gasteiger partial charge in [0.05, 0.1) is 18.4 Å². The topological polar surface area (TPSA) is 65.2 Å². The third-order valence-corrected chi connectivity index (χ3v) is 3.79. The van der Waals surface area contributed by atoms with Gasteiger partial charge in [-0.15, -0.1) is 11.8 Å². The Morgan fingerprint density at radius 3 is 2.85 bits per heavy atom. The second-order valence-corrected chi connectivity index (χ2v) is 5.22. The van der Waals surface area contributed by atoms with Crippen LogP contribution in [0.4, 0.5) is 0 Å². The van der Waals surface area contributed by atoms with E-state index in [-0.39, 0.29) is 5.97 Å². The molecule has 1 aromatic carbocycles. The highest BCUT2D eigenvalue weighted by Crippen LogP contribution is 2.22. The summed E-state index contributed by atoms with van der Waals surface area (Å²) in [6.07, 6.45) is 1.54. The molecule has 1 aromatic heterocycles. The summed E-state index contributed by atoms with van der Waals surface area (Å²) in [5.41, 5.74) is 8.12. The second kappa shape index (κ2) is 7.07. The molecule has 2 rings (SSSR count). The predicted octanol–water partition coefficient (Wildman–Crippen LogP) is 2.62. The van der Waals surface area contributed by atoms with Crippen LogP contribution in [0.1, 0.15) is 21.6 Å². The first kappa shape index (κ1) is 14.6. The van der Waals surface area contributed by atoms with E-state index in [2.05, 4.69) is 15.8 Å². The molecule has 5 heteroatoms. The number of carbonyl (C=O) groups is 1. The van der Waals surface area contributed by atoms with Gasteiger partial charge in [0.25, 0.3) is 0 Å². The maximum absolute atomic E-state index is 11.3. The summed E-state index contributed by atoms with van der Waals surface area (Å²) in [7, 11) is 1.36. The molecule has 0 saturated heterocycles. The van der Waals surface area contributed by atoms with Crippen molar-refractivity contribution in [3.05, 3.63) is 59.4 Å². The minimum absolute atomic E-state index is 0.368. The first-order chi connectivity index (χ1) is 9.72. The van der Waals surface area contributed by atoms with Crippen LogP contribution in [0.2, 0.25) is 0 Å². The van der Waals surface area contributed by atoms with Crippen LogP contribution >= 0.6 is 11.8 Å². The van der Waals surface area contributed by atoms with Gasteiger partial charge in [0.2, 0.25) is 0 Å². The molecular weight excluding hydrogens is 272 g/mol. The Labute approximate surface area is 122 Å². The summed E-state index contributed by atoms with van der Waals surface area (Å²) >= 11 is 1.69. The predicted molar refractivity (Wildman–Crippen MR) is 79.5 cm³/mol. The third-order valence-electron chi connectivity index (χ3n) is 2.77. The minimum atomic E-state index is -0.368. The van der Waals surface area contributed by atoms with Crippen LogP contribution < -0.4 is 5.73 Å². The number of carbonyl (C=O) groups excluding carboxylic acids is 1. The van der Waals surface area contributed by atoms with Crippen molar-refractivity contribution >= 4 is 17.7 Å². The van der Waals surface area contributed by atoms with Gasteiger partial charge in [0.1, 0.15) is 0 Å². The van der Waals surface area contributed by atoms with Crippen molar-refractivity contribution in [3.8, 4) is 0 Å². The van der Waals surface area contributed by atoms with Crippen molar-refractivity contribution in [2.45, 2.75) is 17.2 Å². The fourth-order valence-electron chi connectivity index (χ4n) is 1.67. The zero-order valence-corrected chi connectivity index (χ0v) is 12.0. The Bertz CT molecular complexity index is 585. The Morgan fingerprint density at radius 1 is 1.35 bits per heavy atom. The average Bonchev–Trinajstić information content (AvgIpc) is 2.53. The van der Waals surface area contributed by atoms with Gasteiger partial charge in [-0.1, -0.05) is 12.1 Å². The highest BCUT2D eigenvalue weighted by molar-refractivity contribution is 7.98. The Kier molecular flexibility index (Phi) is 5.15. The maximum Gasteiger partial charge on any atom is 0.339 e. The van der Waals surface area contributed by atoms with Crippen molar-refractivity contribution in [2.24, 2.45) is 5.73 Å². The number of nitrogens with two attached hydrogens (primary N) is 1. The number of methoxy groups -OCH3 is 1. The molecular formula is C15H16N2O2S. The largest absolute Gasteiger partial charge is 0.465 e. The van der Waals surface area contributed by atoms with Crippen LogP contribution in [0, 0.1) is 0 Å². The van der Waals surface area contributed by atoms with Crippen LogP contribution in [-0.4, -0.2) is 18.1 Å². The number of aromatic nitrogens is 1. The monoisotopic (exact) mass is 288 g/mol. The molecule has 104 valence electrons. The van der Waals surface area contributed by atoms with Crippen LogP contribution in [-0.2, 0) is 17.0 Å². The average molecular weight is 288 g/mol. The lowest BCUT2D eigenvalue weighted by molar-refractivity contribution is 0.0600. The van der Waals surface area contributed by atoms with E-state index < -0.39 is 0 Å². The molecule has 0 saturated carbocycles. The molecule has 20 heavy (non-hydrogen) atoms. The first-order valence-electron chi connectivity index (χ1n) is 6.18. The number of hydrogen-bond acceptors (Lipinski definition) is 5. The number of thioether (sulfide) groups is 1. The van der Waals surface area contributed by atoms with Crippen molar-refractivity contribution in [1.29, 1.82) is 0 Å². The molecule has 0 radical (unpaired) electrons. The van der Waals surface area contributed by atoms with Gasteiger partial charge in [0.15, 0.2) is 0 Å². The highest BCUT2D eigenvalue weighted by Gasteiger charge is 2.05. The lowest BCUT2D eigenvalue weighted by atomic mass is 10.2. The number of hydrogen-bond donors (Lipinski definition) is 1. The van der Waals surface area contributed by atoms with Crippen LogP contribution in [0.15, 0.2) is 47.5 Å². The zero-order chi connectivity index (χ0) is 14.4. The third kappa shape index (κ3) is 3.82. The maximum atomic E-state index is 11.3. The Hall–Kier alpha value is -1.85. The fourth-order valence-corrected chi connectivity index (χ4v) is 2.56. The molecule has 0 aliphatic carbocycles. The second-order valence-electron chi connectivity index (χ2n) is 4.17. The van der Waals surface area contributed by atoms with Gasteiger partial charge in [-0.05, 0) is 29.8 Å². The number of pyridine rings is 1. The number of benzene rings is 1. The van der Waals surface area contributed by atoms with E-state index in [1.165, 1.54) is 13.3 Å².